The van der Waals surface area contributed by atoms with E-state index in [1.807, 2.05) is 0 Å². The van der Waals surface area contributed by atoms with Crippen molar-refractivity contribution in [2.24, 2.45) is 0 Å². The topological polar surface area (TPSA) is 109 Å². The maximum absolute atomic E-state index is 11.9. The molecule has 24 heavy (non-hydrogen) atoms. The van der Waals surface area contributed by atoms with Crippen molar-refractivity contribution in [2.75, 3.05) is 26.0 Å². The summed E-state index contributed by atoms with van der Waals surface area (Å²) in [4.78, 5) is 23.5. The minimum Gasteiger partial charge on any atom is -0.459 e. The van der Waals surface area contributed by atoms with E-state index in [1.165, 1.54) is 50.7 Å². The highest BCUT2D eigenvalue weighted by molar-refractivity contribution is 7.89. The molecule has 1 aromatic carbocycles. The van der Waals surface area contributed by atoms with Gasteiger partial charge in [0.05, 0.1) is 17.7 Å². The molecule has 2 N–H and O–H groups in total. The molecule has 0 atom stereocenters. The molecule has 128 valence electrons. The number of nitrogens with zero attached hydrogens (tertiary/aromatic N) is 1. The van der Waals surface area contributed by atoms with Crippen LogP contribution in [0.4, 0.5) is 5.69 Å². The zero-order valence-corrected chi connectivity index (χ0v) is 14.0. The first-order chi connectivity index (χ1) is 11.3. The van der Waals surface area contributed by atoms with Gasteiger partial charge in [-0.25, -0.2) is 12.7 Å². The number of benzene rings is 1. The fraction of sp³-hybridized carbons (Fsp3) is 0.200. The quantitative estimate of drug-likeness (QED) is 0.804. The highest BCUT2D eigenvalue weighted by Gasteiger charge is 2.17. The van der Waals surface area contributed by atoms with Crippen molar-refractivity contribution in [3.8, 4) is 0 Å². The summed E-state index contributed by atoms with van der Waals surface area (Å²) >= 11 is 0. The number of carbonyl (C=O) groups excluding carboxylic acids is 2. The first-order valence-corrected chi connectivity index (χ1v) is 8.39. The van der Waals surface area contributed by atoms with Gasteiger partial charge in [0, 0.05) is 19.8 Å². The molecule has 0 spiro atoms. The summed E-state index contributed by atoms with van der Waals surface area (Å²) in [6.45, 7) is -0.239. The second-order valence-corrected chi connectivity index (χ2v) is 7.17. The van der Waals surface area contributed by atoms with Crippen LogP contribution in [-0.4, -0.2) is 45.2 Å². The van der Waals surface area contributed by atoms with Crippen LogP contribution in [0, 0.1) is 0 Å². The molecule has 0 saturated carbocycles. The van der Waals surface area contributed by atoms with E-state index in [2.05, 4.69) is 10.6 Å². The van der Waals surface area contributed by atoms with Crippen LogP contribution in [0.1, 0.15) is 10.6 Å². The van der Waals surface area contributed by atoms with Crippen LogP contribution in [0.5, 0.6) is 0 Å². The van der Waals surface area contributed by atoms with E-state index in [1.54, 1.807) is 6.07 Å². The first-order valence-electron chi connectivity index (χ1n) is 6.95. The van der Waals surface area contributed by atoms with Gasteiger partial charge in [-0.05, 0) is 36.4 Å². The van der Waals surface area contributed by atoms with E-state index in [0.717, 1.165) is 4.31 Å². The van der Waals surface area contributed by atoms with E-state index in [-0.39, 0.29) is 17.2 Å². The molecule has 9 heteroatoms. The minimum atomic E-state index is -3.52. The Bertz CT molecular complexity index is 811. The van der Waals surface area contributed by atoms with Crippen molar-refractivity contribution in [1.82, 2.24) is 9.62 Å². The molecule has 2 rings (SSSR count). The molecule has 0 aliphatic heterocycles. The first kappa shape index (κ1) is 17.7. The number of furan rings is 1. The molecule has 0 radical (unpaired) electrons. The third-order valence-corrected chi connectivity index (χ3v) is 4.90. The number of rotatable bonds is 6. The van der Waals surface area contributed by atoms with Crippen molar-refractivity contribution in [3.63, 3.8) is 0 Å². The molecule has 0 fully saturated rings. The third-order valence-electron chi connectivity index (χ3n) is 3.07. The van der Waals surface area contributed by atoms with Crippen molar-refractivity contribution in [2.45, 2.75) is 4.90 Å². The van der Waals surface area contributed by atoms with Gasteiger partial charge in [0.2, 0.25) is 15.9 Å². The van der Waals surface area contributed by atoms with Gasteiger partial charge in [-0.1, -0.05) is 0 Å². The average molecular weight is 351 g/mol. The van der Waals surface area contributed by atoms with Gasteiger partial charge < -0.3 is 15.1 Å². The van der Waals surface area contributed by atoms with Gasteiger partial charge in [-0.2, -0.15) is 0 Å². The normalized spacial score (nSPS) is 11.3. The van der Waals surface area contributed by atoms with Crippen LogP contribution in [0.15, 0.2) is 52.0 Å². The standard InChI is InChI=1S/C15H17N3O5S/c1-18(2)24(21,22)12-7-5-11(6-8-12)17-14(19)10-16-15(20)13-4-3-9-23-13/h3-9H,10H2,1-2H3,(H,16,20)(H,17,19). The lowest BCUT2D eigenvalue weighted by Gasteiger charge is -2.12. The number of hydrogen-bond donors (Lipinski definition) is 2. The van der Waals surface area contributed by atoms with Crippen molar-refractivity contribution >= 4 is 27.5 Å². The molecular formula is C15H17N3O5S. The summed E-state index contributed by atoms with van der Waals surface area (Å²) in [6, 6.07) is 8.79. The molecular weight excluding hydrogens is 334 g/mol. The monoisotopic (exact) mass is 351 g/mol. The zero-order chi connectivity index (χ0) is 17.7. The predicted octanol–water partition coefficient (Wildman–Crippen LogP) is 0.898. The van der Waals surface area contributed by atoms with E-state index < -0.39 is 21.8 Å². The fourth-order valence-electron chi connectivity index (χ4n) is 1.78. The Hall–Kier alpha value is -2.65. The number of anilines is 1. The Morgan fingerprint density at radius 3 is 2.33 bits per heavy atom. The van der Waals surface area contributed by atoms with Gasteiger partial charge >= 0.3 is 0 Å². The van der Waals surface area contributed by atoms with Crippen LogP contribution < -0.4 is 10.6 Å². The van der Waals surface area contributed by atoms with E-state index in [0.29, 0.717) is 5.69 Å². The van der Waals surface area contributed by atoms with Crippen LogP contribution in [0.2, 0.25) is 0 Å². The maximum Gasteiger partial charge on any atom is 0.287 e. The van der Waals surface area contributed by atoms with Gasteiger partial charge in [-0.3, -0.25) is 9.59 Å². The van der Waals surface area contributed by atoms with Gasteiger partial charge in [0.15, 0.2) is 5.76 Å². The van der Waals surface area contributed by atoms with Crippen LogP contribution >= 0.6 is 0 Å². The number of hydrogen-bond acceptors (Lipinski definition) is 5. The highest BCUT2D eigenvalue weighted by atomic mass is 32.2. The van der Waals surface area contributed by atoms with Gasteiger partial charge in [0.25, 0.3) is 5.91 Å². The van der Waals surface area contributed by atoms with Crippen LogP contribution in [0.3, 0.4) is 0 Å². The Labute approximate surface area is 139 Å². The van der Waals surface area contributed by atoms with Crippen LogP contribution in [-0.2, 0) is 14.8 Å². The minimum absolute atomic E-state index is 0.112. The highest BCUT2D eigenvalue weighted by Crippen LogP contribution is 2.16. The van der Waals surface area contributed by atoms with Crippen molar-refractivity contribution in [1.29, 1.82) is 0 Å². The van der Waals surface area contributed by atoms with Gasteiger partial charge in [0.1, 0.15) is 0 Å². The van der Waals surface area contributed by atoms with E-state index in [9.17, 15) is 18.0 Å². The molecule has 2 aromatic rings. The fourth-order valence-corrected chi connectivity index (χ4v) is 2.68. The van der Waals surface area contributed by atoms with Crippen molar-refractivity contribution in [3.05, 3.63) is 48.4 Å². The molecule has 0 saturated heterocycles. The second kappa shape index (κ2) is 7.28. The van der Waals surface area contributed by atoms with Gasteiger partial charge in [-0.15, -0.1) is 0 Å². The number of sulfonamides is 1. The SMILES string of the molecule is CN(C)S(=O)(=O)c1ccc(NC(=O)CNC(=O)c2ccco2)cc1. The second-order valence-electron chi connectivity index (χ2n) is 5.02. The summed E-state index contributed by atoms with van der Waals surface area (Å²) in [5, 5.41) is 4.97. The lowest BCUT2D eigenvalue weighted by molar-refractivity contribution is -0.115. The molecule has 1 aromatic heterocycles. The Morgan fingerprint density at radius 2 is 1.79 bits per heavy atom. The third kappa shape index (κ3) is 4.21. The molecule has 0 aliphatic rings. The summed E-state index contributed by atoms with van der Waals surface area (Å²) < 4.78 is 29.9. The summed E-state index contributed by atoms with van der Waals surface area (Å²) in [5.41, 5.74) is 0.421. The zero-order valence-electron chi connectivity index (χ0n) is 13.1. The lowest BCUT2D eigenvalue weighted by atomic mass is 10.3. The predicted molar refractivity (Wildman–Crippen MR) is 87.0 cm³/mol. The Kier molecular flexibility index (Phi) is 5.37. The number of amides is 2. The lowest BCUT2D eigenvalue weighted by Crippen LogP contribution is -2.32. The van der Waals surface area contributed by atoms with Crippen LogP contribution in [0.25, 0.3) is 0 Å². The summed E-state index contributed by atoms with van der Waals surface area (Å²) in [6.07, 6.45) is 1.36. The number of nitrogens with one attached hydrogen (secondary N) is 2. The van der Waals surface area contributed by atoms with Crippen molar-refractivity contribution < 1.29 is 22.4 Å². The molecule has 0 unspecified atom stereocenters. The summed E-state index contributed by atoms with van der Waals surface area (Å²) in [5.74, 6) is -0.832. The summed E-state index contributed by atoms with van der Waals surface area (Å²) in [7, 11) is -0.641. The Morgan fingerprint density at radius 1 is 1.12 bits per heavy atom. The molecule has 1 heterocycles. The smallest absolute Gasteiger partial charge is 0.287 e. The number of carbonyl (C=O) groups is 2. The average Bonchev–Trinajstić information content (AvgIpc) is 3.07. The Balaban J connectivity index is 1.92. The molecule has 2 amide bonds. The molecule has 8 nitrogen and oxygen atoms in total. The molecule has 0 aliphatic carbocycles. The molecule has 0 bridgehead atoms. The maximum atomic E-state index is 11.9. The van der Waals surface area contributed by atoms with E-state index >= 15 is 0 Å². The van der Waals surface area contributed by atoms with E-state index in [4.69, 9.17) is 4.42 Å². The largest absolute Gasteiger partial charge is 0.459 e.